The molecule has 0 aliphatic rings. The topological polar surface area (TPSA) is 76.9 Å². The van der Waals surface area contributed by atoms with E-state index in [4.69, 9.17) is 11.6 Å². The van der Waals surface area contributed by atoms with Crippen molar-refractivity contribution in [2.24, 2.45) is 0 Å². The first-order valence-corrected chi connectivity index (χ1v) is 10.6. The predicted octanol–water partition coefficient (Wildman–Crippen LogP) is 4.74. The Morgan fingerprint density at radius 1 is 1.17 bits per heavy atom. The average molecular weight is 439 g/mol. The van der Waals surface area contributed by atoms with Gasteiger partial charge in [-0.2, -0.15) is 0 Å². The first kappa shape index (κ1) is 20.3. The summed E-state index contributed by atoms with van der Waals surface area (Å²) >= 11 is 7.33. The molecule has 6 nitrogen and oxygen atoms in total. The number of carbonyl (C=O) groups is 1. The van der Waals surface area contributed by atoms with E-state index in [1.807, 2.05) is 5.38 Å². The van der Waals surface area contributed by atoms with Crippen LogP contribution in [0.3, 0.4) is 0 Å². The summed E-state index contributed by atoms with van der Waals surface area (Å²) in [4.78, 5) is 33.9. The van der Waals surface area contributed by atoms with Gasteiger partial charge in [0.1, 0.15) is 6.54 Å². The fourth-order valence-electron chi connectivity index (χ4n) is 3.59. The maximum absolute atomic E-state index is 12.6. The van der Waals surface area contributed by atoms with Crippen LogP contribution in [-0.2, 0) is 11.3 Å². The van der Waals surface area contributed by atoms with Gasteiger partial charge in [-0.25, -0.2) is 9.97 Å². The zero-order valence-corrected chi connectivity index (χ0v) is 18.3. The minimum absolute atomic E-state index is 0.161. The van der Waals surface area contributed by atoms with Gasteiger partial charge in [0.05, 0.1) is 22.9 Å². The number of thiazole rings is 1. The van der Waals surface area contributed by atoms with Crippen LogP contribution in [-0.4, -0.2) is 20.4 Å². The fourth-order valence-corrected chi connectivity index (χ4v) is 4.48. The molecule has 0 atom stereocenters. The third-order valence-corrected chi connectivity index (χ3v) is 5.78. The van der Waals surface area contributed by atoms with Crippen molar-refractivity contribution < 1.29 is 4.79 Å². The van der Waals surface area contributed by atoms with E-state index in [0.29, 0.717) is 21.1 Å². The number of hydrogen-bond donors (Lipinski definition) is 1. The second kappa shape index (κ2) is 8.01. The van der Waals surface area contributed by atoms with Crippen molar-refractivity contribution in [3.8, 4) is 11.3 Å². The van der Waals surface area contributed by atoms with E-state index >= 15 is 0 Å². The molecule has 1 amide bonds. The van der Waals surface area contributed by atoms with E-state index < -0.39 is 0 Å². The largest absolute Gasteiger partial charge is 0.300 e. The second-order valence-corrected chi connectivity index (χ2v) is 8.49. The molecular weight excluding hydrogens is 420 g/mol. The zero-order valence-electron chi connectivity index (χ0n) is 16.7. The van der Waals surface area contributed by atoms with Gasteiger partial charge in [-0.05, 0) is 50.1 Å². The highest BCUT2D eigenvalue weighted by atomic mass is 35.5. The monoisotopic (exact) mass is 438 g/mol. The van der Waals surface area contributed by atoms with Gasteiger partial charge in [-0.3, -0.25) is 14.2 Å². The van der Waals surface area contributed by atoms with Gasteiger partial charge in [0.2, 0.25) is 5.91 Å². The Morgan fingerprint density at radius 2 is 1.90 bits per heavy atom. The lowest BCUT2D eigenvalue weighted by molar-refractivity contribution is -0.116. The maximum atomic E-state index is 12.6. The molecule has 2 heterocycles. The quantitative estimate of drug-likeness (QED) is 0.499. The minimum atomic E-state index is -0.349. The first-order chi connectivity index (χ1) is 14.3. The highest BCUT2D eigenvalue weighted by Gasteiger charge is 2.14. The van der Waals surface area contributed by atoms with Gasteiger partial charge in [0.25, 0.3) is 5.56 Å². The number of aromatic nitrogens is 3. The van der Waals surface area contributed by atoms with Crippen molar-refractivity contribution in [2.75, 3.05) is 5.32 Å². The molecule has 30 heavy (non-hydrogen) atoms. The molecule has 0 aliphatic heterocycles. The molecular formula is C22H19ClN4O2S. The van der Waals surface area contributed by atoms with Crippen LogP contribution in [0.5, 0.6) is 0 Å². The molecule has 0 saturated carbocycles. The summed E-state index contributed by atoms with van der Waals surface area (Å²) in [7, 11) is 0. The first-order valence-electron chi connectivity index (χ1n) is 9.30. The van der Waals surface area contributed by atoms with Crippen LogP contribution in [0.15, 0.2) is 46.8 Å². The lowest BCUT2D eigenvalue weighted by atomic mass is 9.98. The fraction of sp³-hybridized carbons (Fsp3) is 0.182. The Balaban J connectivity index is 1.54. The number of benzene rings is 2. The van der Waals surface area contributed by atoms with Crippen LogP contribution in [0.1, 0.15) is 16.7 Å². The molecule has 0 radical (unpaired) electrons. The number of amides is 1. The zero-order chi connectivity index (χ0) is 21.4. The predicted molar refractivity (Wildman–Crippen MR) is 121 cm³/mol. The van der Waals surface area contributed by atoms with Gasteiger partial charge < -0.3 is 5.32 Å². The molecule has 0 aliphatic carbocycles. The average Bonchev–Trinajstić information content (AvgIpc) is 3.11. The number of halogens is 1. The number of carbonyl (C=O) groups excluding carboxylic acids is 1. The SMILES string of the molecule is Cc1cc(C)c(-c2csc(NC(=O)Cn3cnc4ccc(Cl)cc4c3=O)n2)c(C)c1. The Morgan fingerprint density at radius 3 is 2.63 bits per heavy atom. The van der Waals surface area contributed by atoms with Crippen LogP contribution >= 0.6 is 22.9 Å². The van der Waals surface area contributed by atoms with Crippen molar-refractivity contribution in [2.45, 2.75) is 27.3 Å². The molecule has 0 fully saturated rings. The van der Waals surface area contributed by atoms with Crippen molar-refractivity contribution in [1.82, 2.24) is 14.5 Å². The second-order valence-electron chi connectivity index (χ2n) is 7.20. The lowest BCUT2D eigenvalue weighted by Crippen LogP contribution is -2.27. The van der Waals surface area contributed by atoms with E-state index in [0.717, 1.165) is 22.4 Å². The minimum Gasteiger partial charge on any atom is -0.300 e. The number of nitrogens with zero attached hydrogens (tertiary/aromatic N) is 3. The number of hydrogen-bond acceptors (Lipinski definition) is 5. The van der Waals surface area contributed by atoms with Crippen molar-refractivity contribution >= 4 is 44.9 Å². The summed E-state index contributed by atoms with van der Waals surface area (Å²) in [6.45, 7) is 6.01. The lowest BCUT2D eigenvalue weighted by Gasteiger charge is -2.09. The van der Waals surface area contributed by atoms with Crippen LogP contribution in [0.4, 0.5) is 5.13 Å². The highest BCUT2D eigenvalue weighted by molar-refractivity contribution is 7.14. The number of nitrogens with one attached hydrogen (secondary N) is 1. The summed E-state index contributed by atoms with van der Waals surface area (Å²) in [6.07, 6.45) is 1.37. The van der Waals surface area contributed by atoms with Gasteiger partial charge in [-0.15, -0.1) is 11.3 Å². The molecule has 152 valence electrons. The third kappa shape index (κ3) is 3.99. The molecule has 0 unspecified atom stereocenters. The molecule has 4 aromatic rings. The summed E-state index contributed by atoms with van der Waals surface area (Å²) in [6, 6.07) is 9.14. The molecule has 4 rings (SSSR count). The molecule has 2 aromatic heterocycles. The van der Waals surface area contributed by atoms with Gasteiger partial charge in [0, 0.05) is 16.0 Å². The summed E-state index contributed by atoms with van der Waals surface area (Å²) in [5.74, 6) is -0.349. The van der Waals surface area contributed by atoms with Crippen molar-refractivity contribution in [3.63, 3.8) is 0 Å². The highest BCUT2D eigenvalue weighted by Crippen LogP contribution is 2.31. The Hall–Kier alpha value is -3.03. The van der Waals surface area contributed by atoms with E-state index in [1.54, 1.807) is 18.2 Å². The third-order valence-electron chi connectivity index (χ3n) is 4.78. The maximum Gasteiger partial charge on any atom is 0.261 e. The van der Waals surface area contributed by atoms with E-state index in [-0.39, 0.29) is 18.0 Å². The van der Waals surface area contributed by atoms with E-state index in [9.17, 15) is 9.59 Å². The van der Waals surface area contributed by atoms with Crippen LogP contribution in [0, 0.1) is 20.8 Å². The standard InChI is InChI=1S/C22H19ClN4O2S/c1-12-6-13(2)20(14(3)7-12)18-10-30-22(25-18)26-19(28)9-27-11-24-17-5-4-15(23)8-16(17)21(27)29/h4-8,10-11H,9H2,1-3H3,(H,25,26,28). The number of aryl methyl sites for hydroxylation is 3. The molecule has 0 spiro atoms. The van der Waals surface area contributed by atoms with Crippen molar-refractivity contribution in [3.05, 3.63) is 74.1 Å². The summed E-state index contributed by atoms with van der Waals surface area (Å²) in [5.41, 5.74) is 5.60. The number of anilines is 1. The van der Waals surface area contributed by atoms with Crippen LogP contribution in [0.2, 0.25) is 5.02 Å². The molecule has 0 saturated heterocycles. The molecule has 0 bridgehead atoms. The van der Waals surface area contributed by atoms with E-state index in [2.05, 4.69) is 48.2 Å². The summed E-state index contributed by atoms with van der Waals surface area (Å²) in [5, 5.41) is 6.00. The Kier molecular flexibility index (Phi) is 5.40. The number of rotatable bonds is 4. The van der Waals surface area contributed by atoms with Gasteiger partial charge >= 0.3 is 0 Å². The Bertz CT molecular complexity index is 1320. The summed E-state index contributed by atoms with van der Waals surface area (Å²) < 4.78 is 1.26. The van der Waals surface area contributed by atoms with Crippen molar-refractivity contribution in [1.29, 1.82) is 0 Å². The molecule has 2 aromatic carbocycles. The Labute approximate surface area is 182 Å². The van der Waals surface area contributed by atoms with Gasteiger partial charge in [0.15, 0.2) is 5.13 Å². The van der Waals surface area contributed by atoms with Crippen LogP contribution < -0.4 is 10.9 Å². The van der Waals surface area contributed by atoms with Crippen LogP contribution in [0.25, 0.3) is 22.2 Å². The molecule has 1 N–H and O–H groups in total. The number of fused-ring (bicyclic) bond motifs is 1. The van der Waals surface area contributed by atoms with Gasteiger partial charge in [-0.1, -0.05) is 29.3 Å². The normalized spacial score (nSPS) is 11.1. The smallest absolute Gasteiger partial charge is 0.261 e. The van der Waals surface area contributed by atoms with E-state index in [1.165, 1.54) is 27.8 Å². The molecule has 8 heteroatoms.